The van der Waals surface area contributed by atoms with Crippen LogP contribution in [-0.4, -0.2) is 30.8 Å². The number of nitrogens with two attached hydrogens (primary N) is 1. The Morgan fingerprint density at radius 1 is 1.56 bits per heavy atom. The standard InChI is InChI=1S/C8H9ClN2O3S2/c9-16(13,14)5-4-15-8-6(7(10)12)2-1-3-11-8/h1-3H,4-5H2,(H2,10,12). The molecule has 0 aliphatic heterocycles. The highest BCUT2D eigenvalue weighted by molar-refractivity contribution is 8.14. The number of carbonyl (C=O) groups is 1. The number of hydrogen-bond acceptors (Lipinski definition) is 5. The second-order valence-corrected chi connectivity index (χ2v) is 6.79. The molecule has 16 heavy (non-hydrogen) atoms. The van der Waals surface area contributed by atoms with E-state index in [0.29, 0.717) is 5.03 Å². The average Bonchev–Trinajstić information content (AvgIpc) is 2.16. The molecule has 1 heterocycles. The molecular weight excluding hydrogens is 272 g/mol. The van der Waals surface area contributed by atoms with Gasteiger partial charge in [0.05, 0.1) is 11.3 Å². The lowest BCUT2D eigenvalue weighted by atomic mass is 10.3. The zero-order valence-corrected chi connectivity index (χ0v) is 10.5. The maximum Gasteiger partial charge on any atom is 0.251 e. The molecule has 0 aliphatic carbocycles. The molecule has 88 valence electrons. The van der Waals surface area contributed by atoms with Crippen molar-refractivity contribution in [2.45, 2.75) is 5.03 Å². The molecule has 1 rings (SSSR count). The molecule has 1 amide bonds. The summed E-state index contributed by atoms with van der Waals surface area (Å²) in [6.45, 7) is 0. The number of hydrogen-bond donors (Lipinski definition) is 1. The van der Waals surface area contributed by atoms with Crippen LogP contribution in [0.5, 0.6) is 0 Å². The lowest BCUT2D eigenvalue weighted by Gasteiger charge is -2.03. The predicted molar refractivity (Wildman–Crippen MR) is 63.1 cm³/mol. The Kier molecular flexibility index (Phi) is 4.57. The Labute approximate surface area is 102 Å². The fraction of sp³-hybridized carbons (Fsp3) is 0.250. The van der Waals surface area contributed by atoms with Crippen molar-refractivity contribution in [2.24, 2.45) is 5.73 Å². The molecule has 2 N–H and O–H groups in total. The molecule has 1 aromatic heterocycles. The van der Waals surface area contributed by atoms with Gasteiger partial charge in [0.1, 0.15) is 5.03 Å². The van der Waals surface area contributed by atoms with Crippen molar-refractivity contribution in [2.75, 3.05) is 11.5 Å². The molecular formula is C8H9ClN2O3S2. The van der Waals surface area contributed by atoms with Gasteiger partial charge in [0.15, 0.2) is 0 Å². The van der Waals surface area contributed by atoms with Crippen LogP contribution < -0.4 is 5.73 Å². The van der Waals surface area contributed by atoms with Crippen molar-refractivity contribution in [1.82, 2.24) is 4.98 Å². The minimum atomic E-state index is -3.52. The van der Waals surface area contributed by atoms with E-state index < -0.39 is 15.0 Å². The Morgan fingerprint density at radius 2 is 2.25 bits per heavy atom. The van der Waals surface area contributed by atoms with E-state index in [1.807, 2.05) is 0 Å². The van der Waals surface area contributed by atoms with Crippen molar-refractivity contribution in [3.8, 4) is 0 Å². The van der Waals surface area contributed by atoms with Gasteiger partial charge in [0.2, 0.25) is 9.05 Å². The molecule has 8 heteroatoms. The molecule has 0 aromatic carbocycles. The third-order valence-electron chi connectivity index (χ3n) is 1.60. The maximum absolute atomic E-state index is 11.0. The molecule has 0 aliphatic rings. The summed E-state index contributed by atoms with van der Waals surface area (Å²) in [5, 5.41) is 0.412. The topological polar surface area (TPSA) is 90.1 Å². The van der Waals surface area contributed by atoms with E-state index in [1.165, 1.54) is 12.3 Å². The Hall–Kier alpha value is -0.790. The Bertz CT molecular complexity index is 490. The summed E-state index contributed by atoms with van der Waals surface area (Å²) in [5.74, 6) is -0.554. The summed E-state index contributed by atoms with van der Waals surface area (Å²) in [7, 11) is 1.53. The predicted octanol–water partition coefficient (Wildman–Crippen LogP) is 0.841. The van der Waals surface area contributed by atoms with E-state index in [-0.39, 0.29) is 17.1 Å². The van der Waals surface area contributed by atoms with Crippen LogP contribution in [-0.2, 0) is 9.05 Å². The smallest absolute Gasteiger partial charge is 0.251 e. The van der Waals surface area contributed by atoms with E-state index in [1.54, 1.807) is 6.07 Å². The molecule has 1 aromatic rings. The molecule has 0 radical (unpaired) electrons. The first-order chi connectivity index (χ1) is 7.40. The molecule has 0 fully saturated rings. The first-order valence-electron chi connectivity index (χ1n) is 4.20. The average molecular weight is 281 g/mol. The summed E-state index contributed by atoms with van der Waals surface area (Å²) in [5.41, 5.74) is 5.41. The van der Waals surface area contributed by atoms with Gasteiger partial charge < -0.3 is 5.73 Å². The first-order valence-corrected chi connectivity index (χ1v) is 7.66. The van der Waals surface area contributed by atoms with E-state index in [0.717, 1.165) is 11.8 Å². The van der Waals surface area contributed by atoms with Crippen LogP contribution in [0.1, 0.15) is 10.4 Å². The number of rotatable bonds is 5. The molecule has 0 unspecified atom stereocenters. The van der Waals surface area contributed by atoms with Crippen LogP contribution in [0.25, 0.3) is 0 Å². The van der Waals surface area contributed by atoms with Gasteiger partial charge in [-0.25, -0.2) is 13.4 Å². The van der Waals surface area contributed by atoms with Gasteiger partial charge in [-0.05, 0) is 12.1 Å². The molecule has 0 saturated heterocycles. The van der Waals surface area contributed by atoms with Gasteiger partial charge in [-0.2, -0.15) is 0 Å². The van der Waals surface area contributed by atoms with Gasteiger partial charge in [-0.1, -0.05) is 0 Å². The van der Waals surface area contributed by atoms with E-state index in [4.69, 9.17) is 16.4 Å². The summed E-state index contributed by atoms with van der Waals surface area (Å²) in [4.78, 5) is 15.0. The van der Waals surface area contributed by atoms with Crippen LogP contribution in [0.3, 0.4) is 0 Å². The lowest BCUT2D eigenvalue weighted by molar-refractivity contribution is 0.0997. The molecule has 0 saturated carbocycles. The summed E-state index contributed by atoms with van der Waals surface area (Å²) >= 11 is 1.13. The van der Waals surface area contributed by atoms with Crippen LogP contribution in [0.4, 0.5) is 0 Å². The fourth-order valence-electron chi connectivity index (χ4n) is 0.931. The number of thioether (sulfide) groups is 1. The second kappa shape index (κ2) is 5.51. The van der Waals surface area contributed by atoms with Crippen molar-refractivity contribution < 1.29 is 13.2 Å². The Balaban J connectivity index is 2.71. The Morgan fingerprint density at radius 3 is 2.81 bits per heavy atom. The van der Waals surface area contributed by atoms with E-state index in [2.05, 4.69) is 4.98 Å². The van der Waals surface area contributed by atoms with Crippen LogP contribution in [0.2, 0.25) is 0 Å². The third-order valence-corrected chi connectivity index (χ3v) is 4.02. The third kappa shape index (κ3) is 4.38. The molecule has 0 bridgehead atoms. The summed E-state index contributed by atoms with van der Waals surface area (Å²) in [6.07, 6.45) is 1.50. The minimum Gasteiger partial charge on any atom is -0.366 e. The quantitative estimate of drug-likeness (QED) is 0.638. The summed E-state index contributed by atoms with van der Waals surface area (Å²) in [6, 6.07) is 3.12. The number of aromatic nitrogens is 1. The number of carbonyl (C=O) groups excluding carboxylic acids is 1. The van der Waals surface area contributed by atoms with Gasteiger partial charge in [-0.15, -0.1) is 11.8 Å². The molecule has 0 atom stereocenters. The monoisotopic (exact) mass is 280 g/mol. The van der Waals surface area contributed by atoms with Gasteiger partial charge in [-0.3, -0.25) is 4.79 Å². The van der Waals surface area contributed by atoms with E-state index in [9.17, 15) is 13.2 Å². The first kappa shape index (κ1) is 13.3. The highest BCUT2D eigenvalue weighted by Crippen LogP contribution is 2.20. The molecule has 5 nitrogen and oxygen atoms in total. The summed E-state index contributed by atoms with van der Waals surface area (Å²) < 4.78 is 21.4. The lowest BCUT2D eigenvalue weighted by Crippen LogP contribution is -2.13. The van der Waals surface area contributed by atoms with E-state index >= 15 is 0 Å². The van der Waals surface area contributed by atoms with Gasteiger partial charge in [0.25, 0.3) is 5.91 Å². The fourth-order valence-corrected chi connectivity index (χ4v) is 3.28. The van der Waals surface area contributed by atoms with Crippen molar-refractivity contribution >= 4 is 37.4 Å². The number of nitrogens with zero attached hydrogens (tertiary/aromatic N) is 1. The zero-order valence-electron chi connectivity index (χ0n) is 8.09. The van der Waals surface area contributed by atoms with Crippen LogP contribution in [0.15, 0.2) is 23.4 Å². The van der Waals surface area contributed by atoms with Gasteiger partial charge >= 0.3 is 0 Å². The number of halogens is 1. The van der Waals surface area contributed by atoms with Crippen LogP contribution in [0, 0.1) is 0 Å². The second-order valence-electron chi connectivity index (χ2n) is 2.81. The molecule has 0 spiro atoms. The minimum absolute atomic E-state index is 0.187. The maximum atomic E-state index is 11.0. The van der Waals surface area contributed by atoms with Gasteiger partial charge in [0, 0.05) is 22.6 Å². The van der Waals surface area contributed by atoms with Crippen molar-refractivity contribution in [3.05, 3.63) is 23.9 Å². The number of primary amides is 1. The highest BCUT2D eigenvalue weighted by Gasteiger charge is 2.11. The number of amides is 1. The zero-order chi connectivity index (χ0) is 12.2. The highest BCUT2D eigenvalue weighted by atomic mass is 35.7. The SMILES string of the molecule is NC(=O)c1cccnc1SCCS(=O)(=O)Cl. The van der Waals surface area contributed by atoms with Crippen molar-refractivity contribution in [3.63, 3.8) is 0 Å². The largest absolute Gasteiger partial charge is 0.366 e. The van der Waals surface area contributed by atoms with Crippen molar-refractivity contribution in [1.29, 1.82) is 0 Å². The van der Waals surface area contributed by atoms with Crippen LogP contribution >= 0.6 is 22.4 Å². The number of pyridine rings is 1. The normalized spacial score (nSPS) is 11.3.